The van der Waals surface area contributed by atoms with Crippen LogP contribution in [0.15, 0.2) is 34.0 Å². The first kappa shape index (κ1) is 19.4. The molecule has 2 rings (SSSR count). The van der Waals surface area contributed by atoms with Crippen LogP contribution in [0.1, 0.15) is 29.2 Å². The Bertz CT molecular complexity index is 564. The Morgan fingerprint density at radius 2 is 2.14 bits per heavy atom. The summed E-state index contributed by atoms with van der Waals surface area (Å²) in [6, 6.07) is 6.88. The second-order valence-corrected chi connectivity index (χ2v) is 7.24. The van der Waals surface area contributed by atoms with E-state index in [0.29, 0.717) is 6.04 Å². The Labute approximate surface area is 158 Å². The van der Waals surface area contributed by atoms with Crippen LogP contribution in [-0.4, -0.2) is 18.5 Å². The highest BCUT2D eigenvalue weighted by Gasteiger charge is 2.07. The van der Waals surface area contributed by atoms with E-state index in [2.05, 4.69) is 65.4 Å². The van der Waals surface area contributed by atoms with Crippen LogP contribution >= 0.6 is 46.7 Å². The smallest absolute Gasteiger partial charge is 0.191 e. The number of aliphatic imine (C=N–C) groups is 1. The first-order valence-corrected chi connectivity index (χ1v) is 9.04. The molecule has 1 unspecified atom stereocenters. The zero-order valence-electron chi connectivity index (χ0n) is 13.3. The monoisotopic (exact) mass is 449 g/mol. The fourth-order valence-electron chi connectivity index (χ4n) is 2.05. The van der Waals surface area contributed by atoms with Gasteiger partial charge in [0.25, 0.3) is 0 Å². The first-order valence-electron chi connectivity index (χ1n) is 7.28. The fraction of sp³-hybridized carbons (Fsp3) is 0.438. The van der Waals surface area contributed by atoms with Gasteiger partial charge in [-0.2, -0.15) is 11.3 Å². The number of rotatable bonds is 6. The lowest BCUT2D eigenvalue weighted by Gasteiger charge is -2.17. The molecule has 0 bridgehead atoms. The zero-order valence-corrected chi connectivity index (χ0v) is 17.2. The highest BCUT2D eigenvalue weighted by atomic mass is 127. The van der Waals surface area contributed by atoms with Gasteiger partial charge >= 0.3 is 0 Å². The Balaban J connectivity index is 0.00000242. The molecule has 0 aromatic carbocycles. The molecule has 2 heterocycles. The lowest BCUT2D eigenvalue weighted by atomic mass is 10.2. The number of nitrogens with zero attached hydrogens (tertiary/aromatic N) is 1. The van der Waals surface area contributed by atoms with Crippen LogP contribution in [0.25, 0.3) is 0 Å². The molecule has 0 saturated carbocycles. The highest BCUT2D eigenvalue weighted by Crippen LogP contribution is 2.16. The number of hydrogen-bond acceptors (Lipinski definition) is 3. The number of thiophene rings is 2. The van der Waals surface area contributed by atoms with Crippen LogP contribution in [0.2, 0.25) is 0 Å². The van der Waals surface area contributed by atoms with E-state index in [1.54, 1.807) is 11.3 Å². The molecular weight excluding hydrogens is 425 g/mol. The molecule has 0 amide bonds. The lowest BCUT2D eigenvalue weighted by Crippen LogP contribution is -2.43. The summed E-state index contributed by atoms with van der Waals surface area (Å²) in [6.07, 6.45) is 1.03. The van der Waals surface area contributed by atoms with E-state index in [9.17, 15) is 0 Å². The molecule has 2 N–H and O–H groups in total. The lowest BCUT2D eigenvalue weighted by molar-refractivity contribution is 0.645. The molecule has 6 heteroatoms. The van der Waals surface area contributed by atoms with Gasteiger partial charge in [0.2, 0.25) is 0 Å². The summed E-state index contributed by atoms with van der Waals surface area (Å²) in [5.41, 5.74) is 1.26. The van der Waals surface area contributed by atoms with Gasteiger partial charge in [-0.1, -0.05) is 0 Å². The molecule has 2 aromatic heterocycles. The summed E-state index contributed by atoms with van der Waals surface area (Å²) in [5, 5.41) is 11.0. The molecule has 0 spiro atoms. The third kappa shape index (κ3) is 6.66. The van der Waals surface area contributed by atoms with Gasteiger partial charge in [0.1, 0.15) is 0 Å². The van der Waals surface area contributed by atoms with Crippen LogP contribution < -0.4 is 10.6 Å². The standard InChI is InChI=1S/C16H23N3S2.HI/c1-4-17-16(18-10-14-7-8-20-11-14)19-12(2)9-15-6-5-13(3)21-15;/h5-8,11-12H,4,9-10H2,1-3H3,(H2,17,18,19);1H. The van der Waals surface area contributed by atoms with Crippen molar-refractivity contribution in [2.24, 2.45) is 4.99 Å². The predicted molar refractivity (Wildman–Crippen MR) is 110 cm³/mol. The molecule has 122 valence electrons. The van der Waals surface area contributed by atoms with Crippen molar-refractivity contribution in [3.63, 3.8) is 0 Å². The minimum Gasteiger partial charge on any atom is -0.357 e. The maximum atomic E-state index is 4.65. The second kappa shape index (κ2) is 10.2. The van der Waals surface area contributed by atoms with E-state index in [0.717, 1.165) is 25.5 Å². The van der Waals surface area contributed by atoms with Gasteiger partial charge in [-0.05, 0) is 55.3 Å². The Kier molecular flexibility index (Phi) is 9.04. The van der Waals surface area contributed by atoms with Crippen molar-refractivity contribution in [2.75, 3.05) is 6.54 Å². The molecule has 3 nitrogen and oxygen atoms in total. The van der Waals surface area contributed by atoms with E-state index < -0.39 is 0 Å². The average Bonchev–Trinajstić information content (AvgIpc) is 3.08. The van der Waals surface area contributed by atoms with E-state index in [1.807, 2.05) is 11.3 Å². The molecule has 0 fully saturated rings. The maximum absolute atomic E-state index is 4.65. The van der Waals surface area contributed by atoms with Gasteiger partial charge in [0, 0.05) is 28.8 Å². The van der Waals surface area contributed by atoms with Crippen molar-refractivity contribution in [3.8, 4) is 0 Å². The summed E-state index contributed by atoms with van der Waals surface area (Å²) >= 11 is 3.58. The molecule has 0 aliphatic rings. The van der Waals surface area contributed by atoms with Crippen LogP contribution in [0.4, 0.5) is 0 Å². The molecular formula is C16H24IN3S2. The van der Waals surface area contributed by atoms with Crippen molar-refractivity contribution >= 4 is 52.6 Å². The van der Waals surface area contributed by atoms with Gasteiger partial charge in [0.05, 0.1) is 6.54 Å². The normalized spacial score (nSPS) is 12.6. The summed E-state index contributed by atoms with van der Waals surface area (Å²) < 4.78 is 0. The van der Waals surface area contributed by atoms with Crippen LogP contribution in [0.3, 0.4) is 0 Å². The van der Waals surface area contributed by atoms with Crippen molar-refractivity contribution in [2.45, 2.75) is 39.8 Å². The van der Waals surface area contributed by atoms with Gasteiger partial charge in [-0.25, -0.2) is 4.99 Å². The second-order valence-electron chi connectivity index (χ2n) is 5.09. The molecule has 0 saturated heterocycles. The van der Waals surface area contributed by atoms with Gasteiger partial charge < -0.3 is 10.6 Å². The number of guanidine groups is 1. The minimum absolute atomic E-state index is 0. The summed E-state index contributed by atoms with van der Waals surface area (Å²) in [6.45, 7) is 8.05. The largest absolute Gasteiger partial charge is 0.357 e. The fourth-order valence-corrected chi connectivity index (χ4v) is 3.73. The highest BCUT2D eigenvalue weighted by molar-refractivity contribution is 14.0. The van der Waals surface area contributed by atoms with E-state index in [4.69, 9.17) is 0 Å². The quantitative estimate of drug-likeness (QED) is 0.389. The third-order valence-corrected chi connectivity index (χ3v) is 4.79. The summed E-state index contributed by atoms with van der Waals surface area (Å²) in [5.74, 6) is 0.893. The zero-order chi connectivity index (χ0) is 15.1. The van der Waals surface area contributed by atoms with Crippen LogP contribution in [0.5, 0.6) is 0 Å². The van der Waals surface area contributed by atoms with Gasteiger partial charge in [0.15, 0.2) is 5.96 Å². The van der Waals surface area contributed by atoms with Gasteiger partial charge in [-0.15, -0.1) is 35.3 Å². The molecule has 2 aromatic rings. The Morgan fingerprint density at radius 1 is 1.32 bits per heavy atom. The Hall–Kier alpha value is -0.600. The van der Waals surface area contributed by atoms with Crippen molar-refractivity contribution < 1.29 is 0 Å². The summed E-state index contributed by atoms with van der Waals surface area (Å²) in [4.78, 5) is 7.44. The number of aryl methyl sites for hydroxylation is 1. The number of nitrogens with one attached hydrogen (secondary N) is 2. The maximum Gasteiger partial charge on any atom is 0.191 e. The molecule has 0 aliphatic carbocycles. The van der Waals surface area contributed by atoms with Crippen LogP contribution in [-0.2, 0) is 13.0 Å². The van der Waals surface area contributed by atoms with Crippen molar-refractivity contribution in [3.05, 3.63) is 44.3 Å². The Morgan fingerprint density at radius 3 is 2.73 bits per heavy atom. The first-order chi connectivity index (χ1) is 10.2. The summed E-state index contributed by atoms with van der Waals surface area (Å²) in [7, 11) is 0. The van der Waals surface area contributed by atoms with Crippen molar-refractivity contribution in [1.29, 1.82) is 0 Å². The van der Waals surface area contributed by atoms with E-state index in [-0.39, 0.29) is 24.0 Å². The molecule has 0 aliphatic heterocycles. The number of halogens is 1. The predicted octanol–water partition coefficient (Wildman–Crippen LogP) is 4.42. The van der Waals surface area contributed by atoms with E-state index >= 15 is 0 Å². The van der Waals surface area contributed by atoms with Gasteiger partial charge in [-0.3, -0.25) is 0 Å². The minimum atomic E-state index is 0. The topological polar surface area (TPSA) is 36.4 Å². The van der Waals surface area contributed by atoms with E-state index in [1.165, 1.54) is 15.3 Å². The van der Waals surface area contributed by atoms with Crippen molar-refractivity contribution in [1.82, 2.24) is 10.6 Å². The third-order valence-electron chi connectivity index (χ3n) is 3.03. The molecule has 22 heavy (non-hydrogen) atoms. The SMILES string of the molecule is CCNC(=NCc1ccsc1)NC(C)Cc1ccc(C)s1.I. The van der Waals surface area contributed by atoms with Crippen LogP contribution in [0, 0.1) is 6.92 Å². The molecule has 0 radical (unpaired) electrons. The molecule has 1 atom stereocenters. The number of hydrogen-bond donors (Lipinski definition) is 2. The average molecular weight is 449 g/mol.